The second-order valence-electron chi connectivity index (χ2n) is 4.65. The molecule has 0 saturated heterocycles. The molecule has 5 heteroatoms. The Morgan fingerprint density at radius 2 is 1.95 bits per heavy atom. The first-order valence-electron chi connectivity index (χ1n) is 6.80. The number of nitrogens with one attached hydrogen (secondary N) is 1. The van der Waals surface area contributed by atoms with Gasteiger partial charge in [-0.3, -0.25) is 4.79 Å². The zero-order chi connectivity index (χ0) is 15.2. The number of carbonyl (C=O) groups is 2. The summed E-state index contributed by atoms with van der Waals surface area (Å²) in [6.07, 6.45) is 1.73. The molecular weight excluding hydrogens is 286 g/mol. The van der Waals surface area contributed by atoms with E-state index >= 15 is 0 Å². The maximum absolute atomic E-state index is 12.0. The van der Waals surface area contributed by atoms with Crippen LogP contribution < -0.4 is 5.32 Å². The highest BCUT2D eigenvalue weighted by molar-refractivity contribution is 7.16. The van der Waals surface area contributed by atoms with Crippen LogP contribution >= 0.6 is 11.3 Å². The first-order valence-corrected chi connectivity index (χ1v) is 7.61. The van der Waals surface area contributed by atoms with Crippen molar-refractivity contribution in [2.45, 2.75) is 26.2 Å². The summed E-state index contributed by atoms with van der Waals surface area (Å²) in [5.41, 5.74) is 1.26. The number of hydrogen-bond donors (Lipinski definition) is 2. The quantitative estimate of drug-likeness (QED) is 0.857. The third-order valence-corrected chi connectivity index (χ3v) is 4.29. The average Bonchev–Trinajstić information content (AvgIpc) is 2.89. The van der Waals surface area contributed by atoms with Gasteiger partial charge >= 0.3 is 5.97 Å². The second kappa shape index (κ2) is 7.04. The molecule has 0 aliphatic rings. The Hall–Kier alpha value is -2.14. The lowest BCUT2D eigenvalue weighted by molar-refractivity contribution is -0.116. The van der Waals surface area contributed by atoms with Gasteiger partial charge in [-0.15, -0.1) is 11.3 Å². The van der Waals surface area contributed by atoms with Crippen LogP contribution in [0, 0.1) is 0 Å². The van der Waals surface area contributed by atoms with Crippen LogP contribution in [-0.4, -0.2) is 17.0 Å². The number of carboxylic acids is 1. The lowest BCUT2D eigenvalue weighted by atomic mass is 10.1. The van der Waals surface area contributed by atoms with Gasteiger partial charge in [-0.2, -0.15) is 0 Å². The fourth-order valence-electron chi connectivity index (χ4n) is 1.96. The molecule has 1 amide bonds. The van der Waals surface area contributed by atoms with Gasteiger partial charge in [0.2, 0.25) is 5.91 Å². The van der Waals surface area contributed by atoms with Crippen LogP contribution in [-0.2, 0) is 17.6 Å². The molecule has 21 heavy (non-hydrogen) atoms. The van der Waals surface area contributed by atoms with Gasteiger partial charge in [0.05, 0.1) is 5.56 Å². The topological polar surface area (TPSA) is 66.4 Å². The van der Waals surface area contributed by atoms with Crippen molar-refractivity contribution >= 4 is 28.2 Å². The number of carbonyl (C=O) groups excluding carboxylic acids is 1. The van der Waals surface area contributed by atoms with E-state index < -0.39 is 5.97 Å². The third-order valence-electron chi connectivity index (χ3n) is 3.10. The van der Waals surface area contributed by atoms with Crippen LogP contribution in [0.4, 0.5) is 5.00 Å². The lowest BCUT2D eigenvalue weighted by Gasteiger charge is -2.04. The fourth-order valence-corrected chi connectivity index (χ4v) is 2.96. The number of aryl methyl sites for hydroxylation is 2. The minimum absolute atomic E-state index is 0.161. The molecule has 2 N–H and O–H groups in total. The first kappa shape index (κ1) is 15.3. The van der Waals surface area contributed by atoms with Gasteiger partial charge in [0.25, 0.3) is 0 Å². The van der Waals surface area contributed by atoms with Gasteiger partial charge in [0.15, 0.2) is 0 Å². The van der Waals surface area contributed by atoms with E-state index in [2.05, 4.69) is 5.32 Å². The number of rotatable bonds is 6. The van der Waals surface area contributed by atoms with Crippen LogP contribution in [0.15, 0.2) is 36.4 Å². The van der Waals surface area contributed by atoms with Crippen molar-refractivity contribution in [1.82, 2.24) is 0 Å². The van der Waals surface area contributed by atoms with Gasteiger partial charge in [-0.05, 0) is 24.5 Å². The molecule has 0 unspecified atom stereocenters. The summed E-state index contributed by atoms with van der Waals surface area (Å²) < 4.78 is 0. The number of hydrogen-bond acceptors (Lipinski definition) is 3. The highest BCUT2D eigenvalue weighted by Gasteiger charge is 2.16. The van der Waals surface area contributed by atoms with E-state index in [1.54, 1.807) is 6.07 Å². The maximum Gasteiger partial charge on any atom is 0.338 e. The Balaban J connectivity index is 1.99. The minimum Gasteiger partial charge on any atom is -0.478 e. The molecule has 0 saturated carbocycles. The zero-order valence-electron chi connectivity index (χ0n) is 11.8. The number of benzene rings is 1. The molecule has 0 aliphatic heterocycles. The van der Waals surface area contributed by atoms with E-state index in [1.807, 2.05) is 37.3 Å². The molecule has 0 aliphatic carbocycles. The Morgan fingerprint density at radius 1 is 1.24 bits per heavy atom. The van der Waals surface area contributed by atoms with E-state index in [1.165, 1.54) is 11.3 Å². The summed E-state index contributed by atoms with van der Waals surface area (Å²) in [5.74, 6) is -1.17. The van der Waals surface area contributed by atoms with Crippen molar-refractivity contribution in [3.05, 3.63) is 52.4 Å². The van der Waals surface area contributed by atoms with Crippen molar-refractivity contribution in [3.8, 4) is 0 Å². The van der Waals surface area contributed by atoms with Gasteiger partial charge in [-0.1, -0.05) is 37.3 Å². The smallest absolute Gasteiger partial charge is 0.338 e. The molecular formula is C16H17NO3S. The van der Waals surface area contributed by atoms with Crippen LogP contribution in [0.5, 0.6) is 0 Å². The molecule has 1 aromatic heterocycles. The number of carboxylic acid groups (broad SMARTS) is 1. The molecule has 0 radical (unpaired) electrons. The number of amides is 1. The molecule has 2 rings (SSSR count). The van der Waals surface area contributed by atoms with Crippen molar-refractivity contribution in [3.63, 3.8) is 0 Å². The molecule has 4 nitrogen and oxygen atoms in total. The Morgan fingerprint density at radius 3 is 2.57 bits per heavy atom. The highest BCUT2D eigenvalue weighted by Crippen LogP contribution is 2.28. The summed E-state index contributed by atoms with van der Waals surface area (Å²) in [4.78, 5) is 24.1. The molecule has 0 spiro atoms. The molecule has 1 heterocycles. The molecule has 0 fully saturated rings. The van der Waals surface area contributed by atoms with E-state index in [0.717, 1.165) is 16.9 Å². The van der Waals surface area contributed by atoms with Crippen LogP contribution in [0.2, 0.25) is 0 Å². The summed E-state index contributed by atoms with van der Waals surface area (Å²) in [5, 5.41) is 12.3. The largest absolute Gasteiger partial charge is 0.478 e. The predicted octanol–water partition coefficient (Wildman–Crippen LogP) is 3.58. The second-order valence-corrected chi connectivity index (χ2v) is 5.78. The van der Waals surface area contributed by atoms with E-state index in [0.29, 0.717) is 17.8 Å². The normalized spacial score (nSPS) is 10.3. The van der Waals surface area contributed by atoms with Gasteiger partial charge < -0.3 is 10.4 Å². The number of thiophene rings is 1. The Labute approximate surface area is 127 Å². The van der Waals surface area contributed by atoms with Crippen LogP contribution in [0.25, 0.3) is 0 Å². The summed E-state index contributed by atoms with van der Waals surface area (Å²) in [6.45, 7) is 1.96. The number of aromatic carboxylic acids is 1. The van der Waals surface area contributed by atoms with Crippen molar-refractivity contribution in [1.29, 1.82) is 0 Å². The molecule has 0 bridgehead atoms. The fraction of sp³-hybridized carbons (Fsp3) is 0.250. The first-order chi connectivity index (χ1) is 10.1. The predicted molar refractivity (Wildman–Crippen MR) is 84.0 cm³/mol. The van der Waals surface area contributed by atoms with Crippen molar-refractivity contribution < 1.29 is 14.7 Å². The van der Waals surface area contributed by atoms with E-state index in [9.17, 15) is 9.59 Å². The van der Waals surface area contributed by atoms with Crippen molar-refractivity contribution in [2.75, 3.05) is 5.32 Å². The molecule has 0 atom stereocenters. The maximum atomic E-state index is 12.0. The molecule has 1 aromatic carbocycles. The Kier molecular flexibility index (Phi) is 5.11. The van der Waals surface area contributed by atoms with Crippen molar-refractivity contribution in [2.24, 2.45) is 0 Å². The SMILES string of the molecule is CCc1cc(C(=O)O)c(NC(=O)CCc2ccccc2)s1. The van der Waals surface area contributed by atoms with Crippen LogP contribution in [0.1, 0.15) is 34.1 Å². The average molecular weight is 303 g/mol. The van der Waals surface area contributed by atoms with Gasteiger partial charge in [0, 0.05) is 11.3 Å². The van der Waals surface area contributed by atoms with E-state index in [-0.39, 0.29) is 11.5 Å². The van der Waals surface area contributed by atoms with Gasteiger partial charge in [0.1, 0.15) is 5.00 Å². The molecule has 110 valence electrons. The summed E-state index contributed by atoms with van der Waals surface area (Å²) in [7, 11) is 0. The highest BCUT2D eigenvalue weighted by atomic mass is 32.1. The standard InChI is InChI=1S/C16H17NO3S/c1-2-12-10-13(16(19)20)15(21-12)17-14(18)9-8-11-6-4-3-5-7-11/h3-7,10H,2,8-9H2,1H3,(H,17,18)(H,19,20). The van der Waals surface area contributed by atoms with E-state index in [4.69, 9.17) is 5.11 Å². The lowest BCUT2D eigenvalue weighted by Crippen LogP contribution is -2.13. The monoisotopic (exact) mass is 303 g/mol. The number of anilines is 1. The molecule has 2 aromatic rings. The summed E-state index contributed by atoms with van der Waals surface area (Å²) >= 11 is 1.33. The van der Waals surface area contributed by atoms with Crippen LogP contribution in [0.3, 0.4) is 0 Å². The minimum atomic E-state index is -1.01. The van der Waals surface area contributed by atoms with Gasteiger partial charge in [-0.25, -0.2) is 4.79 Å². The zero-order valence-corrected chi connectivity index (χ0v) is 12.6. The Bertz CT molecular complexity index is 634. The summed E-state index contributed by atoms with van der Waals surface area (Å²) in [6, 6.07) is 11.4. The third kappa shape index (κ3) is 4.16.